The first-order valence-corrected chi connectivity index (χ1v) is 15.8. The van der Waals surface area contributed by atoms with Crippen molar-refractivity contribution in [2.24, 2.45) is 5.92 Å². The van der Waals surface area contributed by atoms with Crippen molar-refractivity contribution in [3.8, 4) is 16.9 Å². The Kier molecular flexibility index (Phi) is 9.59. The van der Waals surface area contributed by atoms with E-state index in [4.69, 9.17) is 9.47 Å². The van der Waals surface area contributed by atoms with Crippen LogP contribution in [0.4, 0.5) is 0 Å². The molecule has 1 aliphatic carbocycles. The zero-order chi connectivity index (χ0) is 31.9. The first kappa shape index (κ1) is 30.8. The number of hydrogen-bond acceptors (Lipinski definition) is 4. The van der Waals surface area contributed by atoms with E-state index in [9.17, 15) is 9.59 Å². The van der Waals surface area contributed by atoms with Gasteiger partial charge in [-0.1, -0.05) is 103 Å². The van der Waals surface area contributed by atoms with Crippen LogP contribution < -0.4 is 4.74 Å². The predicted molar refractivity (Wildman–Crippen MR) is 182 cm³/mol. The van der Waals surface area contributed by atoms with E-state index in [0.717, 1.165) is 47.3 Å². The third-order valence-corrected chi connectivity index (χ3v) is 8.99. The molecule has 5 aromatic rings. The second-order valence-electron chi connectivity index (χ2n) is 12.0. The number of hydrogen-bond donors (Lipinski definition) is 0. The SMILES string of the molecule is COC(=O)c1cccc(-c2cccc(CC(=O)N(Cc3ccccc3)C3c4ccccc4CCC3Cc3cccc(OC)c3)c2)c1. The summed E-state index contributed by atoms with van der Waals surface area (Å²) in [6, 6.07) is 42.5. The van der Waals surface area contributed by atoms with Gasteiger partial charge < -0.3 is 14.4 Å². The number of benzene rings is 5. The zero-order valence-electron chi connectivity index (χ0n) is 26.4. The molecule has 0 fully saturated rings. The number of amides is 1. The Labute approximate surface area is 271 Å². The van der Waals surface area contributed by atoms with Crippen LogP contribution in [0.3, 0.4) is 0 Å². The van der Waals surface area contributed by atoms with Crippen LogP contribution in [0.1, 0.15) is 50.6 Å². The Morgan fingerprint density at radius 1 is 0.717 bits per heavy atom. The largest absolute Gasteiger partial charge is 0.497 e. The number of methoxy groups -OCH3 is 2. The summed E-state index contributed by atoms with van der Waals surface area (Å²) in [7, 11) is 3.08. The summed E-state index contributed by atoms with van der Waals surface area (Å²) >= 11 is 0. The summed E-state index contributed by atoms with van der Waals surface area (Å²) in [5.41, 5.74) is 8.13. The molecule has 0 heterocycles. The highest BCUT2D eigenvalue weighted by Crippen LogP contribution is 2.42. The van der Waals surface area contributed by atoms with E-state index in [0.29, 0.717) is 12.1 Å². The standard InChI is InChI=1S/C41H39NO4/c1-45-37-19-9-14-30(25-37)24-35-22-21-32-15-6-7-20-38(32)40(35)42(28-29-11-4-3-5-12-29)39(43)26-31-13-8-16-33(23-31)34-17-10-18-36(27-34)41(44)46-2/h3-20,23,25,27,35,40H,21-22,24,26,28H2,1-2H3. The van der Waals surface area contributed by atoms with Gasteiger partial charge in [-0.2, -0.15) is 0 Å². The van der Waals surface area contributed by atoms with Gasteiger partial charge in [0.05, 0.1) is 32.2 Å². The van der Waals surface area contributed by atoms with Gasteiger partial charge in [-0.3, -0.25) is 4.79 Å². The van der Waals surface area contributed by atoms with Gasteiger partial charge in [0.2, 0.25) is 5.91 Å². The summed E-state index contributed by atoms with van der Waals surface area (Å²) in [6.45, 7) is 0.522. The molecule has 0 radical (unpaired) electrons. The molecule has 0 aromatic heterocycles. The molecule has 2 unspecified atom stereocenters. The molecule has 5 heteroatoms. The Bertz CT molecular complexity index is 1810. The highest BCUT2D eigenvalue weighted by molar-refractivity contribution is 5.91. The van der Waals surface area contributed by atoms with Crippen LogP contribution in [0.15, 0.2) is 127 Å². The number of fused-ring (bicyclic) bond motifs is 1. The molecule has 6 rings (SSSR count). The fraction of sp³-hybridized carbons (Fsp3) is 0.220. The Morgan fingerprint density at radius 3 is 2.22 bits per heavy atom. The van der Waals surface area contributed by atoms with Crippen molar-refractivity contribution < 1.29 is 19.1 Å². The molecule has 0 saturated carbocycles. The van der Waals surface area contributed by atoms with Gasteiger partial charge in [0.1, 0.15) is 5.75 Å². The van der Waals surface area contributed by atoms with Crippen molar-refractivity contribution in [3.63, 3.8) is 0 Å². The summed E-state index contributed by atoms with van der Waals surface area (Å²) < 4.78 is 10.5. The van der Waals surface area contributed by atoms with Crippen LogP contribution >= 0.6 is 0 Å². The Hall–Kier alpha value is -5.16. The molecule has 5 aromatic carbocycles. The molecule has 0 spiro atoms. The second-order valence-corrected chi connectivity index (χ2v) is 12.0. The molecule has 0 bridgehead atoms. The minimum Gasteiger partial charge on any atom is -0.497 e. The van der Waals surface area contributed by atoms with E-state index in [1.807, 2.05) is 66.7 Å². The van der Waals surface area contributed by atoms with Crippen LogP contribution in [0.25, 0.3) is 11.1 Å². The van der Waals surface area contributed by atoms with Gasteiger partial charge in [-0.15, -0.1) is 0 Å². The van der Waals surface area contributed by atoms with E-state index in [2.05, 4.69) is 59.5 Å². The lowest BCUT2D eigenvalue weighted by atomic mass is 9.76. The maximum atomic E-state index is 14.6. The summed E-state index contributed by atoms with van der Waals surface area (Å²) in [5, 5.41) is 0. The lowest BCUT2D eigenvalue weighted by Crippen LogP contribution is -2.41. The third-order valence-electron chi connectivity index (χ3n) is 8.99. The van der Waals surface area contributed by atoms with Crippen LogP contribution in [0.2, 0.25) is 0 Å². The van der Waals surface area contributed by atoms with Crippen LogP contribution in [0, 0.1) is 5.92 Å². The average Bonchev–Trinajstić information content (AvgIpc) is 3.11. The second kappa shape index (κ2) is 14.3. The first-order chi connectivity index (χ1) is 22.5. The van der Waals surface area contributed by atoms with Crippen molar-refractivity contribution in [1.82, 2.24) is 4.90 Å². The molecule has 0 aliphatic heterocycles. The van der Waals surface area contributed by atoms with Crippen molar-refractivity contribution in [2.75, 3.05) is 14.2 Å². The van der Waals surface area contributed by atoms with Crippen LogP contribution in [-0.4, -0.2) is 31.0 Å². The average molecular weight is 610 g/mol. The monoisotopic (exact) mass is 609 g/mol. The van der Waals surface area contributed by atoms with Gasteiger partial charge in [-0.25, -0.2) is 4.79 Å². The fourth-order valence-corrected chi connectivity index (χ4v) is 6.74. The topological polar surface area (TPSA) is 55.8 Å². The summed E-state index contributed by atoms with van der Waals surface area (Å²) in [6.07, 6.45) is 3.09. The van der Waals surface area contributed by atoms with Gasteiger partial charge in [-0.05, 0) is 88.4 Å². The van der Waals surface area contributed by atoms with Crippen molar-refractivity contribution in [2.45, 2.75) is 38.3 Å². The number of rotatable bonds is 10. The number of esters is 1. The molecular weight excluding hydrogens is 570 g/mol. The van der Waals surface area contributed by atoms with Gasteiger partial charge in [0.15, 0.2) is 0 Å². The van der Waals surface area contributed by atoms with E-state index >= 15 is 0 Å². The molecule has 5 nitrogen and oxygen atoms in total. The lowest BCUT2D eigenvalue weighted by Gasteiger charge is -2.42. The first-order valence-electron chi connectivity index (χ1n) is 15.8. The Balaban J connectivity index is 1.35. The summed E-state index contributed by atoms with van der Waals surface area (Å²) in [4.78, 5) is 28.9. The fourth-order valence-electron chi connectivity index (χ4n) is 6.74. The van der Waals surface area contributed by atoms with Crippen molar-refractivity contribution in [1.29, 1.82) is 0 Å². The van der Waals surface area contributed by atoms with Crippen LogP contribution in [0.5, 0.6) is 5.75 Å². The number of nitrogens with zero attached hydrogens (tertiary/aromatic N) is 1. The molecule has 232 valence electrons. The third kappa shape index (κ3) is 7.05. The van der Waals surface area contributed by atoms with Gasteiger partial charge in [0, 0.05) is 6.54 Å². The van der Waals surface area contributed by atoms with E-state index in [1.165, 1.54) is 23.8 Å². The van der Waals surface area contributed by atoms with Crippen molar-refractivity contribution in [3.05, 3.63) is 161 Å². The molecule has 2 atom stereocenters. The maximum absolute atomic E-state index is 14.6. The van der Waals surface area contributed by atoms with E-state index in [-0.39, 0.29) is 30.3 Å². The Morgan fingerprint density at radius 2 is 1.41 bits per heavy atom. The number of carbonyl (C=O) groups excluding carboxylic acids is 2. The highest BCUT2D eigenvalue weighted by atomic mass is 16.5. The number of aryl methyl sites for hydroxylation is 1. The zero-order valence-corrected chi connectivity index (χ0v) is 26.4. The highest BCUT2D eigenvalue weighted by Gasteiger charge is 2.36. The summed E-state index contributed by atoms with van der Waals surface area (Å²) in [5.74, 6) is 0.796. The number of ether oxygens (including phenoxy) is 2. The van der Waals surface area contributed by atoms with Crippen LogP contribution in [-0.2, 0) is 35.3 Å². The minimum atomic E-state index is -0.374. The van der Waals surface area contributed by atoms with Gasteiger partial charge >= 0.3 is 5.97 Å². The predicted octanol–water partition coefficient (Wildman–Crippen LogP) is 8.27. The molecule has 1 aliphatic rings. The normalized spacial score (nSPS) is 15.4. The van der Waals surface area contributed by atoms with Crippen molar-refractivity contribution >= 4 is 11.9 Å². The lowest BCUT2D eigenvalue weighted by molar-refractivity contribution is -0.135. The molecule has 1 amide bonds. The molecule has 46 heavy (non-hydrogen) atoms. The number of carbonyl (C=O) groups is 2. The van der Waals surface area contributed by atoms with Gasteiger partial charge in [0.25, 0.3) is 0 Å². The minimum absolute atomic E-state index is 0.0798. The molecule has 0 N–H and O–H groups in total. The quantitative estimate of drug-likeness (QED) is 0.150. The molecular formula is C41H39NO4. The maximum Gasteiger partial charge on any atom is 0.337 e. The smallest absolute Gasteiger partial charge is 0.337 e. The van der Waals surface area contributed by atoms with E-state index in [1.54, 1.807) is 13.2 Å². The van der Waals surface area contributed by atoms with E-state index < -0.39 is 0 Å². The molecule has 0 saturated heterocycles.